The van der Waals surface area contributed by atoms with E-state index in [9.17, 15) is 25.0 Å². The molecular weight excluding hydrogens is 526 g/mol. The number of rotatable bonds is 7. The minimum Gasteiger partial charge on any atom is -0.357 e. The number of non-ortho nitro benzene ring substituents is 1. The second-order valence-electron chi connectivity index (χ2n) is 9.25. The summed E-state index contributed by atoms with van der Waals surface area (Å²) >= 11 is 0. The third kappa shape index (κ3) is 5.91. The Morgan fingerprint density at radius 3 is 2.27 bits per heavy atom. The Morgan fingerprint density at radius 1 is 0.878 bits per heavy atom. The van der Waals surface area contributed by atoms with E-state index in [1.807, 2.05) is 47.8 Å². The van der Waals surface area contributed by atoms with Gasteiger partial charge < -0.3 is 15.2 Å². The number of nitro groups is 2. The number of pyridine rings is 2. The molecule has 3 aromatic carbocycles. The Bertz CT molecular complexity index is 1880. The minimum atomic E-state index is -0.642. The molecule has 204 valence electrons. The molecule has 2 heterocycles. The van der Waals surface area contributed by atoms with Gasteiger partial charge in [0.15, 0.2) is 6.20 Å². The van der Waals surface area contributed by atoms with Gasteiger partial charge in [-0.2, -0.15) is 0 Å². The quantitative estimate of drug-likeness (QED) is 0.165. The first-order valence-electron chi connectivity index (χ1n) is 12.4. The van der Waals surface area contributed by atoms with E-state index in [-0.39, 0.29) is 11.3 Å². The number of nitro benzene ring substituents is 2. The lowest BCUT2D eigenvalue weighted by Gasteiger charge is -2.11. The maximum atomic E-state index is 13.0. The van der Waals surface area contributed by atoms with E-state index in [0.717, 1.165) is 10.9 Å². The van der Waals surface area contributed by atoms with Crippen molar-refractivity contribution in [3.8, 4) is 0 Å². The zero-order chi connectivity index (χ0) is 29.1. The van der Waals surface area contributed by atoms with Crippen molar-refractivity contribution in [3.05, 3.63) is 129 Å². The van der Waals surface area contributed by atoms with E-state index in [0.29, 0.717) is 28.1 Å². The number of benzene rings is 3. The molecule has 2 aromatic heterocycles. The van der Waals surface area contributed by atoms with Crippen molar-refractivity contribution in [2.24, 2.45) is 19.1 Å². The molecule has 0 unspecified atom stereocenters. The predicted molar refractivity (Wildman–Crippen MR) is 153 cm³/mol. The number of carbonyl (C=O) groups is 1. The molecule has 0 radical (unpaired) electrons. The molecule has 0 saturated carbocycles. The van der Waals surface area contributed by atoms with Crippen molar-refractivity contribution in [2.75, 3.05) is 10.6 Å². The summed E-state index contributed by atoms with van der Waals surface area (Å²) in [4.78, 5) is 39.6. The molecule has 0 aliphatic rings. The number of nitrogens with one attached hydrogen (secondary N) is 2. The van der Waals surface area contributed by atoms with Gasteiger partial charge in [-0.15, -0.1) is 0 Å². The van der Waals surface area contributed by atoms with Crippen LogP contribution < -0.4 is 20.6 Å². The van der Waals surface area contributed by atoms with Crippen LogP contribution in [-0.4, -0.2) is 20.3 Å². The van der Waals surface area contributed by atoms with E-state index in [1.54, 1.807) is 48.7 Å². The van der Waals surface area contributed by atoms with E-state index >= 15 is 0 Å². The summed E-state index contributed by atoms with van der Waals surface area (Å²) in [6, 6.07) is 20.9. The first kappa shape index (κ1) is 26.7. The Labute approximate surface area is 233 Å². The van der Waals surface area contributed by atoms with Crippen molar-refractivity contribution < 1.29 is 19.2 Å². The van der Waals surface area contributed by atoms with Crippen molar-refractivity contribution >= 4 is 50.9 Å². The molecule has 0 aliphatic carbocycles. The van der Waals surface area contributed by atoms with Crippen LogP contribution in [0.1, 0.15) is 10.4 Å². The number of amides is 1. The van der Waals surface area contributed by atoms with Crippen LogP contribution in [0.15, 0.2) is 102 Å². The average molecular weight is 551 g/mol. The van der Waals surface area contributed by atoms with Gasteiger partial charge in [0.1, 0.15) is 12.6 Å². The maximum absolute atomic E-state index is 13.0. The molecule has 0 spiro atoms. The highest BCUT2D eigenvalue weighted by atomic mass is 16.6. The Morgan fingerprint density at radius 2 is 1.59 bits per heavy atom. The van der Waals surface area contributed by atoms with Gasteiger partial charge >= 0.3 is 0 Å². The largest absolute Gasteiger partial charge is 0.357 e. The van der Waals surface area contributed by atoms with Gasteiger partial charge in [0.05, 0.1) is 32.0 Å². The Hall–Kier alpha value is -5.91. The van der Waals surface area contributed by atoms with Crippen LogP contribution in [0, 0.1) is 20.2 Å². The maximum Gasteiger partial charge on any atom is 0.284 e. The molecule has 1 amide bonds. The highest BCUT2D eigenvalue weighted by molar-refractivity contribution is 6.07. The smallest absolute Gasteiger partial charge is 0.284 e. The molecule has 12 heteroatoms. The Balaban J connectivity index is 1.38. The minimum absolute atomic E-state index is 0.0827. The monoisotopic (exact) mass is 550 g/mol. The molecule has 0 bridgehead atoms. The molecule has 5 rings (SSSR count). The number of aromatic nitrogens is 2. The van der Waals surface area contributed by atoms with Gasteiger partial charge in [0, 0.05) is 61.1 Å². The van der Waals surface area contributed by atoms with E-state index < -0.39 is 21.4 Å². The molecule has 5 aromatic rings. The van der Waals surface area contributed by atoms with Crippen molar-refractivity contribution in [1.82, 2.24) is 4.57 Å². The summed E-state index contributed by atoms with van der Waals surface area (Å²) in [6.45, 7) is 0. The molecular formula is C29H24N7O5+. The fourth-order valence-corrected chi connectivity index (χ4v) is 4.27. The fourth-order valence-electron chi connectivity index (χ4n) is 4.27. The summed E-state index contributed by atoms with van der Waals surface area (Å²) in [7, 11) is 3.72. The van der Waals surface area contributed by atoms with Gasteiger partial charge in [0.2, 0.25) is 5.52 Å². The number of anilines is 3. The SMILES string of the molecule is Cn1ccc(=Nc2ccc(NC(=O)c3ccc(Nc4cc[n+](C)c5ccc([N+](=O)[O-])cc45)cc3[N+](=O)[O-])cc2)cc1. The lowest BCUT2D eigenvalue weighted by atomic mass is 10.1. The zero-order valence-electron chi connectivity index (χ0n) is 22.0. The summed E-state index contributed by atoms with van der Waals surface area (Å²) in [5.41, 5.74) is 2.13. The first-order valence-corrected chi connectivity index (χ1v) is 12.4. The predicted octanol–water partition coefficient (Wildman–Crippen LogP) is 5.05. The van der Waals surface area contributed by atoms with Gasteiger partial charge in [-0.3, -0.25) is 25.0 Å². The summed E-state index contributed by atoms with van der Waals surface area (Å²) in [6.07, 6.45) is 5.54. The third-order valence-electron chi connectivity index (χ3n) is 6.39. The van der Waals surface area contributed by atoms with Crippen LogP contribution in [0.25, 0.3) is 10.9 Å². The van der Waals surface area contributed by atoms with Crippen LogP contribution in [0.3, 0.4) is 0 Å². The second-order valence-corrected chi connectivity index (χ2v) is 9.25. The number of hydrogen-bond acceptors (Lipinski definition) is 7. The van der Waals surface area contributed by atoms with Gasteiger partial charge in [-0.1, -0.05) is 0 Å². The third-order valence-corrected chi connectivity index (χ3v) is 6.39. The lowest BCUT2D eigenvalue weighted by Crippen LogP contribution is -2.28. The number of hydrogen-bond donors (Lipinski definition) is 2. The van der Waals surface area contributed by atoms with E-state index in [2.05, 4.69) is 15.6 Å². The van der Waals surface area contributed by atoms with E-state index in [4.69, 9.17) is 0 Å². The number of carbonyl (C=O) groups excluding carboxylic acids is 1. The fraction of sp³-hybridized carbons (Fsp3) is 0.0690. The van der Waals surface area contributed by atoms with Crippen molar-refractivity contribution in [3.63, 3.8) is 0 Å². The molecule has 0 fully saturated rings. The van der Waals surface area contributed by atoms with Crippen LogP contribution in [-0.2, 0) is 14.1 Å². The van der Waals surface area contributed by atoms with Crippen LogP contribution >= 0.6 is 0 Å². The number of fused-ring (bicyclic) bond motifs is 1. The second kappa shape index (κ2) is 11.1. The normalized spacial score (nSPS) is 10.7. The molecule has 12 nitrogen and oxygen atoms in total. The topological polar surface area (TPSA) is 149 Å². The molecule has 2 N–H and O–H groups in total. The number of aryl methyl sites for hydroxylation is 2. The molecule has 0 atom stereocenters. The zero-order valence-corrected chi connectivity index (χ0v) is 22.0. The van der Waals surface area contributed by atoms with Crippen LogP contribution in [0.5, 0.6) is 0 Å². The van der Waals surface area contributed by atoms with Crippen molar-refractivity contribution in [2.45, 2.75) is 0 Å². The summed E-state index contributed by atoms with van der Waals surface area (Å²) in [5.74, 6) is -0.642. The van der Waals surface area contributed by atoms with Crippen LogP contribution in [0.2, 0.25) is 0 Å². The Kier molecular flexibility index (Phi) is 7.20. The highest BCUT2D eigenvalue weighted by Crippen LogP contribution is 2.31. The van der Waals surface area contributed by atoms with Gasteiger partial charge in [-0.05, 0) is 48.5 Å². The molecule has 0 aliphatic heterocycles. The molecule has 0 saturated heterocycles. The van der Waals surface area contributed by atoms with Gasteiger partial charge in [-0.25, -0.2) is 9.56 Å². The first-order chi connectivity index (χ1) is 19.7. The molecule has 41 heavy (non-hydrogen) atoms. The van der Waals surface area contributed by atoms with E-state index in [1.165, 1.54) is 24.3 Å². The van der Waals surface area contributed by atoms with Crippen molar-refractivity contribution in [1.29, 1.82) is 0 Å². The van der Waals surface area contributed by atoms with Crippen LogP contribution in [0.4, 0.5) is 34.1 Å². The summed E-state index contributed by atoms with van der Waals surface area (Å²) < 4.78 is 3.71. The lowest BCUT2D eigenvalue weighted by molar-refractivity contribution is -0.644. The standard InChI is InChI=1S/C29H23N7O5/c1-33-14-11-21(12-15-33)30-19-3-5-20(6-4-19)32-29(37)24-9-7-22(17-28(24)36(40)41)31-26-13-16-34(2)27-10-8-23(35(38)39)18-25(26)27/h3-18H,1-2H3,(H,32,37)/p+1. The van der Waals surface area contributed by atoms with Gasteiger partial charge in [0.25, 0.3) is 17.3 Å². The average Bonchev–Trinajstić information content (AvgIpc) is 2.96. The highest BCUT2D eigenvalue weighted by Gasteiger charge is 2.22. The number of nitrogens with zero attached hydrogens (tertiary/aromatic N) is 5. The summed E-state index contributed by atoms with van der Waals surface area (Å²) in [5, 5.41) is 30.3.